The van der Waals surface area contributed by atoms with Crippen molar-refractivity contribution in [2.75, 3.05) is 6.54 Å². The Hall–Kier alpha value is -0.970. The van der Waals surface area contributed by atoms with Crippen LogP contribution in [0.25, 0.3) is 0 Å². The summed E-state index contributed by atoms with van der Waals surface area (Å²) in [6.45, 7) is 2.57. The maximum absolute atomic E-state index is 11.6. The first kappa shape index (κ1) is 13.5. The SMILES string of the molecule is CC(=O)N1CCCC[C@H]1CCc1cnc(Br)cn1. The van der Waals surface area contributed by atoms with E-state index in [0.29, 0.717) is 6.04 Å². The van der Waals surface area contributed by atoms with E-state index >= 15 is 0 Å². The van der Waals surface area contributed by atoms with Gasteiger partial charge in [0.2, 0.25) is 5.91 Å². The number of likely N-dealkylation sites (tertiary alicyclic amines) is 1. The fraction of sp³-hybridized carbons (Fsp3) is 0.615. The number of hydrogen-bond donors (Lipinski definition) is 0. The summed E-state index contributed by atoms with van der Waals surface area (Å²) in [5.74, 6) is 0.196. The van der Waals surface area contributed by atoms with Gasteiger partial charge in [-0.2, -0.15) is 0 Å². The van der Waals surface area contributed by atoms with Crippen LogP contribution in [-0.2, 0) is 11.2 Å². The van der Waals surface area contributed by atoms with Gasteiger partial charge in [0, 0.05) is 25.7 Å². The number of aromatic nitrogens is 2. The zero-order valence-corrected chi connectivity index (χ0v) is 12.2. The van der Waals surface area contributed by atoms with Gasteiger partial charge in [-0.1, -0.05) is 0 Å². The summed E-state index contributed by atoms with van der Waals surface area (Å²) >= 11 is 3.28. The largest absolute Gasteiger partial charge is 0.340 e. The summed E-state index contributed by atoms with van der Waals surface area (Å²) in [5.41, 5.74) is 0.993. The molecule has 1 aliphatic rings. The van der Waals surface area contributed by atoms with Crippen molar-refractivity contribution in [3.8, 4) is 0 Å². The number of rotatable bonds is 3. The number of amides is 1. The van der Waals surface area contributed by atoms with Crippen LogP contribution in [-0.4, -0.2) is 33.4 Å². The summed E-state index contributed by atoms with van der Waals surface area (Å²) in [7, 11) is 0. The molecule has 0 radical (unpaired) electrons. The fourth-order valence-electron chi connectivity index (χ4n) is 2.50. The van der Waals surface area contributed by atoms with Crippen LogP contribution in [0.5, 0.6) is 0 Å². The van der Waals surface area contributed by atoms with Crippen molar-refractivity contribution in [1.82, 2.24) is 14.9 Å². The molecule has 5 heteroatoms. The molecule has 0 N–H and O–H groups in total. The highest BCUT2D eigenvalue weighted by atomic mass is 79.9. The van der Waals surface area contributed by atoms with Crippen LogP contribution in [0.2, 0.25) is 0 Å². The van der Waals surface area contributed by atoms with E-state index in [-0.39, 0.29) is 5.91 Å². The quantitative estimate of drug-likeness (QED) is 0.862. The van der Waals surface area contributed by atoms with Gasteiger partial charge in [0.1, 0.15) is 4.60 Å². The standard InChI is InChI=1S/C13H18BrN3O/c1-10(18)17-7-3-2-4-12(17)6-5-11-8-16-13(14)9-15-11/h8-9,12H,2-7H2,1H3/t12-/m0/s1. The molecule has 2 heterocycles. The molecule has 0 bridgehead atoms. The number of nitrogens with zero attached hydrogens (tertiary/aromatic N) is 3. The molecule has 0 saturated carbocycles. The summed E-state index contributed by atoms with van der Waals surface area (Å²) in [4.78, 5) is 22.1. The molecular formula is C13H18BrN3O. The number of halogens is 1. The minimum Gasteiger partial charge on any atom is -0.340 e. The van der Waals surface area contributed by atoms with Crippen molar-refractivity contribution in [1.29, 1.82) is 0 Å². The Bertz CT molecular complexity index is 407. The normalized spacial score (nSPS) is 19.9. The fourth-order valence-corrected chi connectivity index (χ4v) is 2.70. The molecule has 1 amide bonds. The van der Waals surface area contributed by atoms with Crippen LogP contribution in [0.1, 0.15) is 38.3 Å². The van der Waals surface area contributed by atoms with Gasteiger partial charge >= 0.3 is 0 Å². The van der Waals surface area contributed by atoms with Crippen molar-refractivity contribution in [2.24, 2.45) is 0 Å². The summed E-state index contributed by atoms with van der Waals surface area (Å²) in [6, 6.07) is 0.377. The predicted molar refractivity (Wildman–Crippen MR) is 73.1 cm³/mol. The van der Waals surface area contributed by atoms with Gasteiger partial charge in [-0.3, -0.25) is 9.78 Å². The molecule has 18 heavy (non-hydrogen) atoms. The monoisotopic (exact) mass is 311 g/mol. The van der Waals surface area contributed by atoms with Crippen LogP contribution in [0.15, 0.2) is 17.0 Å². The Labute approximate surface area is 116 Å². The molecule has 1 aromatic rings. The second-order valence-electron chi connectivity index (χ2n) is 4.73. The van der Waals surface area contributed by atoms with Gasteiger partial charge in [0.25, 0.3) is 0 Å². The van der Waals surface area contributed by atoms with E-state index in [2.05, 4.69) is 25.9 Å². The van der Waals surface area contributed by atoms with Crippen LogP contribution in [0.3, 0.4) is 0 Å². The number of carbonyl (C=O) groups excluding carboxylic acids is 1. The van der Waals surface area contributed by atoms with Crippen molar-refractivity contribution >= 4 is 21.8 Å². The van der Waals surface area contributed by atoms with Crippen molar-refractivity contribution < 1.29 is 4.79 Å². The van der Waals surface area contributed by atoms with Crippen LogP contribution >= 0.6 is 15.9 Å². The molecule has 1 aliphatic heterocycles. The average Bonchev–Trinajstić information content (AvgIpc) is 2.38. The second-order valence-corrected chi connectivity index (χ2v) is 5.54. The number of carbonyl (C=O) groups is 1. The minimum atomic E-state index is 0.196. The molecule has 0 unspecified atom stereocenters. The molecule has 2 rings (SSSR count). The molecule has 0 aromatic carbocycles. The first-order chi connectivity index (χ1) is 8.66. The maximum Gasteiger partial charge on any atom is 0.219 e. The van der Waals surface area contributed by atoms with Gasteiger partial charge in [-0.25, -0.2) is 4.98 Å². The lowest BCUT2D eigenvalue weighted by atomic mass is 9.97. The molecule has 4 nitrogen and oxygen atoms in total. The predicted octanol–water partition coefficient (Wildman–Crippen LogP) is 2.57. The van der Waals surface area contributed by atoms with Gasteiger partial charge in [-0.15, -0.1) is 0 Å². The molecule has 1 fully saturated rings. The van der Waals surface area contributed by atoms with E-state index in [1.54, 1.807) is 19.3 Å². The molecule has 98 valence electrons. The third kappa shape index (κ3) is 3.51. The van der Waals surface area contributed by atoms with E-state index in [9.17, 15) is 4.79 Å². The Morgan fingerprint density at radius 1 is 1.44 bits per heavy atom. The molecule has 1 atom stereocenters. The minimum absolute atomic E-state index is 0.196. The Morgan fingerprint density at radius 3 is 2.94 bits per heavy atom. The first-order valence-electron chi connectivity index (χ1n) is 6.40. The molecule has 1 aromatic heterocycles. The van der Waals surface area contributed by atoms with Crippen LogP contribution in [0.4, 0.5) is 0 Å². The third-order valence-electron chi connectivity index (χ3n) is 3.44. The number of aryl methyl sites for hydroxylation is 1. The second kappa shape index (κ2) is 6.27. The average molecular weight is 312 g/mol. The lowest BCUT2D eigenvalue weighted by molar-refractivity contribution is -0.132. The van der Waals surface area contributed by atoms with Crippen molar-refractivity contribution in [3.63, 3.8) is 0 Å². The smallest absolute Gasteiger partial charge is 0.219 e. The van der Waals surface area contributed by atoms with Gasteiger partial charge in [0.15, 0.2) is 0 Å². The first-order valence-corrected chi connectivity index (χ1v) is 7.20. The van der Waals surface area contributed by atoms with Crippen LogP contribution < -0.4 is 0 Å². The Kier molecular flexibility index (Phi) is 4.69. The van der Waals surface area contributed by atoms with E-state index in [1.165, 1.54) is 6.42 Å². The van der Waals surface area contributed by atoms with E-state index in [4.69, 9.17) is 0 Å². The maximum atomic E-state index is 11.6. The van der Waals surface area contributed by atoms with Crippen LogP contribution in [0, 0.1) is 0 Å². The van der Waals surface area contributed by atoms with E-state index in [0.717, 1.165) is 42.5 Å². The van der Waals surface area contributed by atoms with Gasteiger partial charge in [0.05, 0.1) is 11.9 Å². The lowest BCUT2D eigenvalue weighted by Gasteiger charge is -2.35. The van der Waals surface area contributed by atoms with Crippen molar-refractivity contribution in [3.05, 3.63) is 22.7 Å². The molecular weight excluding hydrogens is 294 g/mol. The number of piperidine rings is 1. The third-order valence-corrected chi connectivity index (χ3v) is 3.85. The number of hydrogen-bond acceptors (Lipinski definition) is 3. The van der Waals surface area contributed by atoms with Crippen molar-refractivity contribution in [2.45, 2.75) is 45.1 Å². The zero-order valence-electron chi connectivity index (χ0n) is 10.6. The highest BCUT2D eigenvalue weighted by molar-refractivity contribution is 9.10. The highest BCUT2D eigenvalue weighted by Crippen LogP contribution is 2.21. The highest BCUT2D eigenvalue weighted by Gasteiger charge is 2.23. The van der Waals surface area contributed by atoms with Gasteiger partial charge < -0.3 is 4.90 Å². The molecule has 0 aliphatic carbocycles. The van der Waals surface area contributed by atoms with Gasteiger partial charge in [-0.05, 0) is 48.0 Å². The summed E-state index contributed by atoms with van der Waals surface area (Å²) in [6.07, 6.45) is 8.85. The topological polar surface area (TPSA) is 46.1 Å². The summed E-state index contributed by atoms with van der Waals surface area (Å²) < 4.78 is 0.759. The zero-order chi connectivity index (χ0) is 13.0. The molecule has 0 spiro atoms. The van der Waals surface area contributed by atoms with E-state index in [1.807, 2.05) is 4.90 Å². The Morgan fingerprint density at radius 2 is 2.28 bits per heavy atom. The van der Waals surface area contributed by atoms with E-state index < -0.39 is 0 Å². The molecule has 1 saturated heterocycles. The Balaban J connectivity index is 1.91. The lowest BCUT2D eigenvalue weighted by Crippen LogP contribution is -2.42. The summed E-state index contributed by atoms with van der Waals surface area (Å²) in [5, 5.41) is 0.